The van der Waals surface area contributed by atoms with E-state index in [1.807, 2.05) is 6.92 Å². The van der Waals surface area contributed by atoms with Crippen LogP contribution in [0.3, 0.4) is 0 Å². The van der Waals surface area contributed by atoms with Gasteiger partial charge in [0.15, 0.2) is 5.69 Å². The van der Waals surface area contributed by atoms with E-state index in [1.165, 1.54) is 0 Å². The topological polar surface area (TPSA) is 125 Å². The molecule has 0 bridgehead atoms. The molecule has 0 aliphatic carbocycles. The van der Waals surface area contributed by atoms with Crippen LogP contribution in [0, 0.1) is 18.6 Å². The van der Waals surface area contributed by atoms with Crippen LogP contribution >= 0.6 is 0 Å². The zero-order chi connectivity index (χ0) is 25.1. The van der Waals surface area contributed by atoms with Crippen molar-refractivity contribution in [3.63, 3.8) is 0 Å². The van der Waals surface area contributed by atoms with Gasteiger partial charge in [-0.3, -0.25) is 14.2 Å². The Labute approximate surface area is 196 Å². The molecule has 10 nitrogen and oxygen atoms in total. The zero-order valence-corrected chi connectivity index (χ0v) is 18.8. The summed E-state index contributed by atoms with van der Waals surface area (Å²) in [4.78, 5) is 41.9. The molecule has 4 aromatic rings. The Hall–Kier alpha value is -4.48. The van der Waals surface area contributed by atoms with Crippen molar-refractivity contribution in [2.75, 3.05) is 5.32 Å². The van der Waals surface area contributed by atoms with E-state index in [0.717, 1.165) is 26.9 Å². The Bertz CT molecular complexity index is 1510. The molecule has 0 aliphatic heterocycles. The third-order valence-electron chi connectivity index (χ3n) is 5.11. The average molecular weight is 482 g/mol. The third-order valence-corrected chi connectivity index (χ3v) is 5.11. The molecule has 0 aliphatic rings. The first kappa shape index (κ1) is 23.7. The number of aromatic nitrogens is 5. The Kier molecular flexibility index (Phi) is 6.62. The van der Waals surface area contributed by atoms with Gasteiger partial charge in [-0.25, -0.2) is 13.6 Å². The number of hydrogen-bond acceptors (Lipinski definition) is 7. The maximum atomic E-state index is 13.7. The summed E-state index contributed by atoms with van der Waals surface area (Å²) in [5, 5.41) is 10.3. The summed E-state index contributed by atoms with van der Waals surface area (Å²) in [6.07, 6.45) is -0.158. The van der Waals surface area contributed by atoms with Crippen molar-refractivity contribution >= 4 is 11.6 Å². The second-order valence-electron chi connectivity index (χ2n) is 7.61. The summed E-state index contributed by atoms with van der Waals surface area (Å²) >= 11 is 0. The van der Waals surface area contributed by atoms with E-state index < -0.39 is 28.8 Å². The minimum absolute atomic E-state index is 0.0127. The SMILES string of the molecule is CCn1c(=O)c(-c2noc(CCC(=O)Nc3ccc(F)cc3F)n2)nn(-c2ccc(C)cc2)c1=O. The summed E-state index contributed by atoms with van der Waals surface area (Å²) in [6.45, 7) is 3.65. The van der Waals surface area contributed by atoms with Gasteiger partial charge < -0.3 is 9.84 Å². The van der Waals surface area contributed by atoms with Gasteiger partial charge in [0, 0.05) is 25.5 Å². The quantitative estimate of drug-likeness (QED) is 0.429. The number of anilines is 1. The van der Waals surface area contributed by atoms with Crippen molar-refractivity contribution in [3.8, 4) is 17.2 Å². The summed E-state index contributed by atoms with van der Waals surface area (Å²) in [5.74, 6) is -2.33. The van der Waals surface area contributed by atoms with Crippen LogP contribution in [0.25, 0.3) is 17.2 Å². The lowest BCUT2D eigenvalue weighted by molar-refractivity contribution is -0.116. The minimum Gasteiger partial charge on any atom is -0.339 e. The molecule has 0 unspecified atom stereocenters. The molecule has 35 heavy (non-hydrogen) atoms. The highest BCUT2D eigenvalue weighted by molar-refractivity contribution is 5.90. The monoisotopic (exact) mass is 482 g/mol. The van der Waals surface area contributed by atoms with Crippen LogP contribution in [-0.2, 0) is 17.8 Å². The van der Waals surface area contributed by atoms with Crippen LogP contribution in [0.4, 0.5) is 14.5 Å². The van der Waals surface area contributed by atoms with Gasteiger partial charge in [0.2, 0.25) is 17.6 Å². The molecular weight excluding hydrogens is 462 g/mol. The van der Waals surface area contributed by atoms with Gasteiger partial charge >= 0.3 is 5.69 Å². The van der Waals surface area contributed by atoms with Gasteiger partial charge in [-0.2, -0.15) is 14.8 Å². The van der Waals surface area contributed by atoms with Crippen LogP contribution < -0.4 is 16.6 Å². The molecule has 0 fully saturated rings. The van der Waals surface area contributed by atoms with Crippen LogP contribution in [-0.4, -0.2) is 30.4 Å². The van der Waals surface area contributed by atoms with Crippen molar-refractivity contribution in [1.82, 2.24) is 24.5 Å². The number of carbonyl (C=O) groups excluding carboxylic acids is 1. The molecule has 1 N–H and O–H groups in total. The first-order valence-electron chi connectivity index (χ1n) is 10.7. The molecular formula is C23H20F2N6O4. The van der Waals surface area contributed by atoms with E-state index in [2.05, 4.69) is 20.6 Å². The van der Waals surface area contributed by atoms with Gasteiger partial charge in [0.1, 0.15) is 11.6 Å². The fourth-order valence-corrected chi connectivity index (χ4v) is 3.26. The molecule has 0 saturated heterocycles. The number of carbonyl (C=O) groups is 1. The van der Waals surface area contributed by atoms with Gasteiger partial charge in [-0.1, -0.05) is 22.9 Å². The Balaban J connectivity index is 1.56. The van der Waals surface area contributed by atoms with E-state index in [0.29, 0.717) is 11.8 Å². The highest BCUT2D eigenvalue weighted by atomic mass is 19.1. The van der Waals surface area contributed by atoms with Crippen LogP contribution in [0.15, 0.2) is 56.6 Å². The molecule has 0 radical (unpaired) electrons. The third kappa shape index (κ3) is 5.05. The van der Waals surface area contributed by atoms with Gasteiger partial charge in [0.05, 0.1) is 11.4 Å². The lowest BCUT2D eigenvalue weighted by atomic mass is 10.2. The molecule has 0 saturated carbocycles. The molecule has 2 aromatic heterocycles. The Morgan fingerprint density at radius 1 is 1.11 bits per heavy atom. The average Bonchev–Trinajstić information content (AvgIpc) is 3.30. The Morgan fingerprint density at radius 2 is 1.86 bits per heavy atom. The first-order chi connectivity index (χ1) is 16.8. The highest BCUT2D eigenvalue weighted by Crippen LogP contribution is 2.16. The minimum atomic E-state index is -0.902. The number of hydrogen-bond donors (Lipinski definition) is 1. The fourth-order valence-electron chi connectivity index (χ4n) is 3.26. The highest BCUT2D eigenvalue weighted by Gasteiger charge is 2.20. The van der Waals surface area contributed by atoms with Crippen molar-refractivity contribution in [1.29, 1.82) is 0 Å². The number of nitrogens with zero attached hydrogens (tertiary/aromatic N) is 5. The summed E-state index contributed by atoms with van der Waals surface area (Å²) < 4.78 is 33.9. The standard InChI is InChI=1S/C23H20F2N6O4/c1-3-30-22(33)20(28-31(23(30)34)15-7-4-13(2)5-8-15)21-27-19(35-29-21)11-10-18(32)26-17-9-6-14(24)12-16(17)25/h4-9,12H,3,10-11H2,1-2H3,(H,26,32). The molecule has 1 amide bonds. The van der Waals surface area contributed by atoms with Crippen LogP contribution in [0.2, 0.25) is 0 Å². The van der Waals surface area contributed by atoms with Gasteiger partial charge in [-0.05, 0) is 38.1 Å². The molecule has 0 atom stereocenters. The smallest absolute Gasteiger partial charge is 0.339 e. The number of nitrogens with one attached hydrogen (secondary N) is 1. The predicted octanol–water partition coefficient (Wildman–Crippen LogP) is 2.62. The van der Waals surface area contributed by atoms with Crippen LogP contribution in [0.1, 0.15) is 24.8 Å². The molecule has 2 heterocycles. The second kappa shape index (κ2) is 9.79. The van der Waals surface area contributed by atoms with E-state index in [-0.39, 0.29) is 42.5 Å². The van der Waals surface area contributed by atoms with Crippen molar-refractivity contribution in [3.05, 3.63) is 86.4 Å². The van der Waals surface area contributed by atoms with Crippen LogP contribution in [0.5, 0.6) is 0 Å². The van der Waals surface area contributed by atoms with E-state index >= 15 is 0 Å². The zero-order valence-electron chi connectivity index (χ0n) is 18.8. The lowest BCUT2D eigenvalue weighted by Crippen LogP contribution is -2.41. The largest absolute Gasteiger partial charge is 0.352 e. The molecule has 180 valence electrons. The fraction of sp³-hybridized carbons (Fsp3) is 0.217. The number of rotatable bonds is 7. The number of halogens is 2. The summed E-state index contributed by atoms with van der Waals surface area (Å²) in [5.41, 5.74) is -0.210. The van der Waals surface area contributed by atoms with Gasteiger partial charge in [-0.15, -0.1) is 0 Å². The molecule has 4 rings (SSSR count). The predicted molar refractivity (Wildman–Crippen MR) is 121 cm³/mol. The maximum absolute atomic E-state index is 13.7. The summed E-state index contributed by atoms with van der Waals surface area (Å²) in [7, 11) is 0. The first-order valence-corrected chi connectivity index (χ1v) is 10.7. The number of benzene rings is 2. The number of aryl methyl sites for hydroxylation is 2. The maximum Gasteiger partial charge on any atom is 0.352 e. The lowest BCUT2D eigenvalue weighted by Gasteiger charge is -2.09. The van der Waals surface area contributed by atoms with Crippen molar-refractivity contribution in [2.45, 2.75) is 33.2 Å². The normalized spacial score (nSPS) is 11.0. The second-order valence-corrected chi connectivity index (χ2v) is 7.61. The van der Waals surface area contributed by atoms with Crippen molar-refractivity contribution in [2.24, 2.45) is 0 Å². The molecule has 2 aromatic carbocycles. The number of amides is 1. The summed E-state index contributed by atoms with van der Waals surface area (Å²) in [6, 6.07) is 9.80. The van der Waals surface area contributed by atoms with Gasteiger partial charge in [0.25, 0.3) is 5.56 Å². The van der Waals surface area contributed by atoms with E-state index in [1.54, 1.807) is 31.2 Å². The van der Waals surface area contributed by atoms with E-state index in [9.17, 15) is 23.2 Å². The van der Waals surface area contributed by atoms with E-state index in [4.69, 9.17) is 4.52 Å². The Morgan fingerprint density at radius 3 is 2.54 bits per heavy atom. The van der Waals surface area contributed by atoms with Crippen molar-refractivity contribution < 1.29 is 18.1 Å². The molecule has 0 spiro atoms. The molecule has 12 heteroatoms.